The molecule has 5 rings (SSSR count). The molecule has 26 heavy (non-hydrogen) atoms. The Labute approximate surface area is 159 Å². The highest BCUT2D eigenvalue weighted by Gasteiger charge is 2.60. The van der Waals surface area contributed by atoms with Gasteiger partial charge in [-0.3, -0.25) is 9.59 Å². The van der Waals surface area contributed by atoms with E-state index in [1.54, 1.807) is 0 Å². The summed E-state index contributed by atoms with van der Waals surface area (Å²) in [5.41, 5.74) is 2.43. The van der Waals surface area contributed by atoms with E-state index in [9.17, 15) is 9.59 Å². The lowest BCUT2D eigenvalue weighted by atomic mass is 9.49. The Balaban J connectivity index is 1.37. The standard InChI is InChI=1S/C21H26ClNO3/c1-13-3-4-17(14(2)5-13)23-18(24)11-26-19(25)20-7-15-6-16(8-20)10-21(22,9-15)12-20/h3-5,15-16H,6-12H2,1-2H3,(H,23,24)/t15-,16+,20?,21?. The molecule has 1 aromatic carbocycles. The van der Waals surface area contributed by atoms with Crippen molar-refractivity contribution in [2.45, 2.75) is 57.2 Å². The van der Waals surface area contributed by atoms with Crippen molar-refractivity contribution < 1.29 is 14.3 Å². The minimum absolute atomic E-state index is 0.229. The molecule has 1 aromatic rings. The van der Waals surface area contributed by atoms with Gasteiger partial charge in [-0.1, -0.05) is 17.7 Å². The number of amides is 1. The molecule has 0 saturated heterocycles. The van der Waals surface area contributed by atoms with Gasteiger partial charge in [-0.05, 0) is 75.8 Å². The molecule has 4 atom stereocenters. The van der Waals surface area contributed by atoms with Crippen molar-refractivity contribution >= 4 is 29.2 Å². The Morgan fingerprint density at radius 1 is 1.19 bits per heavy atom. The van der Waals surface area contributed by atoms with Gasteiger partial charge in [0.25, 0.3) is 5.91 Å². The third kappa shape index (κ3) is 3.24. The highest BCUT2D eigenvalue weighted by atomic mass is 35.5. The fourth-order valence-corrected chi connectivity index (χ4v) is 6.51. The van der Waals surface area contributed by atoms with E-state index in [-0.39, 0.29) is 23.4 Å². The molecule has 0 radical (unpaired) electrons. The van der Waals surface area contributed by atoms with Gasteiger partial charge in [0.15, 0.2) is 6.61 Å². The molecule has 4 fully saturated rings. The molecule has 4 bridgehead atoms. The summed E-state index contributed by atoms with van der Waals surface area (Å²) in [6, 6.07) is 5.83. The van der Waals surface area contributed by atoms with Gasteiger partial charge in [-0.25, -0.2) is 0 Å². The van der Waals surface area contributed by atoms with Crippen molar-refractivity contribution in [1.29, 1.82) is 0 Å². The quantitative estimate of drug-likeness (QED) is 0.628. The van der Waals surface area contributed by atoms with E-state index < -0.39 is 5.41 Å². The molecule has 4 saturated carbocycles. The molecule has 4 nitrogen and oxygen atoms in total. The molecule has 0 spiro atoms. The van der Waals surface area contributed by atoms with Crippen LogP contribution in [-0.4, -0.2) is 23.4 Å². The van der Waals surface area contributed by atoms with Crippen LogP contribution in [0.4, 0.5) is 5.69 Å². The predicted molar refractivity (Wildman–Crippen MR) is 101 cm³/mol. The Hall–Kier alpha value is -1.55. The van der Waals surface area contributed by atoms with Crippen molar-refractivity contribution in [3.05, 3.63) is 29.3 Å². The van der Waals surface area contributed by atoms with Crippen LogP contribution < -0.4 is 5.32 Å². The number of rotatable bonds is 4. The van der Waals surface area contributed by atoms with Crippen LogP contribution in [0.2, 0.25) is 0 Å². The number of carbonyl (C=O) groups is 2. The summed E-state index contributed by atoms with van der Waals surface area (Å²) in [6.45, 7) is 3.72. The van der Waals surface area contributed by atoms with E-state index in [0.717, 1.165) is 42.5 Å². The number of alkyl halides is 1. The smallest absolute Gasteiger partial charge is 0.312 e. The molecule has 0 aromatic heterocycles. The third-order valence-electron chi connectivity index (χ3n) is 6.41. The van der Waals surface area contributed by atoms with Crippen LogP contribution in [0.25, 0.3) is 0 Å². The number of aryl methyl sites for hydroxylation is 2. The summed E-state index contributed by atoms with van der Waals surface area (Å²) < 4.78 is 5.46. The predicted octanol–water partition coefficient (Wildman–Crippen LogP) is 4.36. The average Bonchev–Trinajstić information content (AvgIpc) is 2.53. The van der Waals surface area contributed by atoms with Crippen molar-refractivity contribution in [2.24, 2.45) is 17.3 Å². The maximum atomic E-state index is 12.8. The second-order valence-corrected chi connectivity index (χ2v) is 9.64. The van der Waals surface area contributed by atoms with Crippen LogP contribution in [-0.2, 0) is 14.3 Å². The van der Waals surface area contributed by atoms with Gasteiger partial charge in [0.2, 0.25) is 0 Å². The van der Waals surface area contributed by atoms with Gasteiger partial charge < -0.3 is 10.1 Å². The van der Waals surface area contributed by atoms with Gasteiger partial charge in [0, 0.05) is 10.6 Å². The first-order chi connectivity index (χ1) is 12.3. The van der Waals surface area contributed by atoms with Crippen molar-refractivity contribution in [3.8, 4) is 0 Å². The van der Waals surface area contributed by atoms with Crippen LogP contribution in [0.3, 0.4) is 0 Å². The Kier molecular flexibility index (Phi) is 4.30. The van der Waals surface area contributed by atoms with E-state index in [1.165, 1.54) is 6.42 Å². The van der Waals surface area contributed by atoms with E-state index >= 15 is 0 Å². The molecule has 0 aliphatic heterocycles. The number of nitrogens with one attached hydrogen (secondary N) is 1. The van der Waals surface area contributed by atoms with Crippen LogP contribution in [0.1, 0.15) is 49.7 Å². The minimum atomic E-state index is -0.466. The SMILES string of the molecule is Cc1ccc(NC(=O)COC(=O)C23C[C@@H]4C[C@@H](CC(Cl)(C4)C2)C3)c(C)c1. The fraction of sp³-hybridized carbons (Fsp3) is 0.619. The maximum absolute atomic E-state index is 12.8. The Bertz CT molecular complexity index is 746. The second-order valence-electron chi connectivity index (χ2n) is 8.83. The van der Waals surface area contributed by atoms with Crippen LogP contribution >= 0.6 is 11.6 Å². The normalized spacial score (nSPS) is 34.6. The Morgan fingerprint density at radius 3 is 2.50 bits per heavy atom. The molecule has 1 amide bonds. The van der Waals surface area contributed by atoms with Crippen molar-refractivity contribution in [1.82, 2.24) is 0 Å². The zero-order chi connectivity index (χ0) is 18.5. The van der Waals surface area contributed by atoms with E-state index in [4.69, 9.17) is 16.3 Å². The molecule has 4 aliphatic carbocycles. The van der Waals surface area contributed by atoms with E-state index in [1.807, 2.05) is 32.0 Å². The lowest BCUT2D eigenvalue weighted by molar-refractivity contribution is -0.171. The number of carbonyl (C=O) groups excluding carboxylic acids is 2. The van der Waals surface area contributed by atoms with Crippen LogP contribution in [0.5, 0.6) is 0 Å². The first-order valence-electron chi connectivity index (χ1n) is 9.50. The lowest BCUT2D eigenvalue weighted by Gasteiger charge is -2.58. The summed E-state index contributed by atoms with van der Waals surface area (Å²) >= 11 is 6.78. The zero-order valence-electron chi connectivity index (χ0n) is 15.4. The van der Waals surface area contributed by atoms with Crippen molar-refractivity contribution in [2.75, 3.05) is 11.9 Å². The van der Waals surface area contributed by atoms with Gasteiger partial charge in [0.05, 0.1) is 5.41 Å². The Morgan fingerprint density at radius 2 is 1.88 bits per heavy atom. The second kappa shape index (κ2) is 6.26. The molecule has 5 heteroatoms. The molecule has 4 aliphatic rings. The molecular weight excluding hydrogens is 350 g/mol. The highest BCUT2D eigenvalue weighted by Crippen LogP contribution is 2.64. The zero-order valence-corrected chi connectivity index (χ0v) is 16.2. The number of esters is 1. The first-order valence-corrected chi connectivity index (χ1v) is 9.88. The minimum Gasteiger partial charge on any atom is -0.455 e. The van der Waals surface area contributed by atoms with Gasteiger partial charge in [0.1, 0.15) is 0 Å². The molecular formula is C21H26ClNO3. The van der Waals surface area contributed by atoms with E-state index in [0.29, 0.717) is 18.3 Å². The number of hydrogen-bond acceptors (Lipinski definition) is 3. The maximum Gasteiger partial charge on any atom is 0.312 e. The fourth-order valence-electron chi connectivity index (χ4n) is 5.81. The summed E-state index contributed by atoms with van der Waals surface area (Å²) in [7, 11) is 0. The van der Waals surface area contributed by atoms with Gasteiger partial charge in [-0.15, -0.1) is 11.6 Å². The number of hydrogen-bond donors (Lipinski definition) is 1. The largest absolute Gasteiger partial charge is 0.455 e. The van der Waals surface area contributed by atoms with Gasteiger partial charge in [-0.2, -0.15) is 0 Å². The van der Waals surface area contributed by atoms with Crippen LogP contribution in [0, 0.1) is 31.1 Å². The number of ether oxygens (including phenoxy) is 1. The third-order valence-corrected chi connectivity index (χ3v) is 6.86. The average molecular weight is 376 g/mol. The lowest BCUT2D eigenvalue weighted by Crippen LogP contribution is -2.56. The summed E-state index contributed by atoms with van der Waals surface area (Å²) in [4.78, 5) is 24.8. The number of benzene rings is 1. The highest BCUT2D eigenvalue weighted by molar-refractivity contribution is 6.24. The van der Waals surface area contributed by atoms with Crippen molar-refractivity contribution in [3.63, 3.8) is 0 Å². The van der Waals surface area contributed by atoms with Crippen LogP contribution in [0.15, 0.2) is 18.2 Å². The summed E-state index contributed by atoms with van der Waals surface area (Å²) in [5, 5.41) is 2.83. The summed E-state index contributed by atoms with van der Waals surface area (Å²) in [6.07, 6.45) is 5.67. The molecule has 1 N–H and O–H groups in total. The topological polar surface area (TPSA) is 55.4 Å². The van der Waals surface area contributed by atoms with Gasteiger partial charge >= 0.3 is 5.97 Å². The number of anilines is 1. The first kappa shape index (κ1) is 17.8. The summed E-state index contributed by atoms with van der Waals surface area (Å²) in [5.74, 6) is 0.540. The number of halogens is 1. The molecule has 140 valence electrons. The monoisotopic (exact) mass is 375 g/mol. The molecule has 2 unspecified atom stereocenters. The molecule has 0 heterocycles. The van der Waals surface area contributed by atoms with E-state index in [2.05, 4.69) is 5.32 Å².